The van der Waals surface area contributed by atoms with Crippen LogP contribution in [0.3, 0.4) is 0 Å². The maximum Gasteiger partial charge on any atom is 0.263 e. The molecule has 3 aromatic rings. The van der Waals surface area contributed by atoms with Gasteiger partial charge < -0.3 is 19.5 Å². The number of thioether (sulfide) groups is 1. The molecule has 0 saturated carbocycles. The molecule has 1 aromatic heterocycles. The average Bonchev–Trinajstić information content (AvgIpc) is 3.31. The Morgan fingerprint density at radius 3 is 2.57 bits per heavy atom. The van der Waals surface area contributed by atoms with Gasteiger partial charge in [0.15, 0.2) is 0 Å². The first-order chi connectivity index (χ1) is 14.6. The van der Waals surface area contributed by atoms with Crippen LogP contribution in [0.2, 0.25) is 0 Å². The second-order valence-electron chi connectivity index (χ2n) is 7.59. The molecule has 2 aliphatic rings. The summed E-state index contributed by atoms with van der Waals surface area (Å²) in [5, 5.41) is 3.68. The predicted molar refractivity (Wildman–Crippen MR) is 128 cm³/mol. The van der Waals surface area contributed by atoms with Gasteiger partial charge in [-0.05, 0) is 48.5 Å². The summed E-state index contributed by atoms with van der Waals surface area (Å²) in [7, 11) is 2.17. The lowest BCUT2D eigenvalue weighted by atomic mass is 10.0. The van der Waals surface area contributed by atoms with Gasteiger partial charge in [0.1, 0.15) is 9.90 Å². The Hall–Kier alpha value is -2.61. The largest absolute Gasteiger partial charge is 0.464 e. The number of furan rings is 1. The summed E-state index contributed by atoms with van der Waals surface area (Å²) in [5.41, 5.74) is 5.20. The summed E-state index contributed by atoms with van der Waals surface area (Å²) in [5.74, 6) is -0.142. The Morgan fingerprint density at radius 2 is 1.87 bits per heavy atom. The van der Waals surface area contributed by atoms with Crippen molar-refractivity contribution in [1.29, 1.82) is 0 Å². The van der Waals surface area contributed by atoms with Gasteiger partial charge in [-0.2, -0.15) is 0 Å². The molecule has 0 bridgehead atoms. The van der Waals surface area contributed by atoms with E-state index < -0.39 is 0 Å². The number of benzene rings is 2. The number of hydrogen-bond acceptors (Lipinski definition) is 6. The molecule has 2 fully saturated rings. The van der Waals surface area contributed by atoms with E-state index in [0.717, 1.165) is 53.8 Å². The van der Waals surface area contributed by atoms with Crippen molar-refractivity contribution in [2.24, 2.45) is 0 Å². The Kier molecular flexibility index (Phi) is 5.10. The molecule has 0 aliphatic carbocycles. The molecule has 152 valence electrons. The highest BCUT2D eigenvalue weighted by molar-refractivity contribution is 8.26. The summed E-state index contributed by atoms with van der Waals surface area (Å²) in [6, 6.07) is 14.6. The minimum atomic E-state index is -0.142. The van der Waals surface area contributed by atoms with E-state index in [1.165, 1.54) is 17.4 Å². The summed E-state index contributed by atoms with van der Waals surface area (Å²) >= 11 is 6.36. The first kappa shape index (κ1) is 19.4. The number of hydrogen-bond donors (Lipinski definition) is 1. The van der Waals surface area contributed by atoms with Crippen molar-refractivity contribution in [3.8, 4) is 11.1 Å². The van der Waals surface area contributed by atoms with Crippen molar-refractivity contribution in [1.82, 2.24) is 10.2 Å². The molecule has 2 saturated heterocycles. The van der Waals surface area contributed by atoms with Crippen LogP contribution in [0.4, 0.5) is 5.69 Å². The topological polar surface area (TPSA) is 48.7 Å². The molecular formula is C23H21N3O2S2. The SMILES string of the molecule is CN1CCN(c2ccc(-c3coc4ccc(C=C5SC(=S)NC5=O)cc34)cc2)CC1. The highest BCUT2D eigenvalue weighted by atomic mass is 32.2. The number of fused-ring (bicyclic) bond motifs is 1. The van der Waals surface area contributed by atoms with E-state index in [1.807, 2.05) is 18.2 Å². The third kappa shape index (κ3) is 3.76. The van der Waals surface area contributed by atoms with E-state index in [0.29, 0.717) is 9.23 Å². The van der Waals surface area contributed by atoms with Crippen LogP contribution in [0, 0.1) is 0 Å². The zero-order chi connectivity index (χ0) is 20.7. The number of rotatable bonds is 3. The van der Waals surface area contributed by atoms with Crippen LogP contribution in [-0.4, -0.2) is 48.4 Å². The third-order valence-electron chi connectivity index (χ3n) is 5.58. The fourth-order valence-electron chi connectivity index (χ4n) is 3.85. The highest BCUT2D eigenvalue weighted by Crippen LogP contribution is 2.34. The van der Waals surface area contributed by atoms with Crippen molar-refractivity contribution in [3.63, 3.8) is 0 Å². The maximum atomic E-state index is 12.0. The number of nitrogens with zero attached hydrogens (tertiary/aromatic N) is 2. The highest BCUT2D eigenvalue weighted by Gasteiger charge is 2.22. The minimum absolute atomic E-state index is 0.142. The predicted octanol–water partition coefficient (Wildman–Crippen LogP) is 4.34. The minimum Gasteiger partial charge on any atom is -0.464 e. The lowest BCUT2D eigenvalue weighted by Crippen LogP contribution is -2.44. The number of anilines is 1. The number of amides is 1. The van der Waals surface area contributed by atoms with Gasteiger partial charge in [0.05, 0.1) is 11.2 Å². The Morgan fingerprint density at radius 1 is 1.10 bits per heavy atom. The molecule has 0 unspecified atom stereocenters. The van der Waals surface area contributed by atoms with Crippen molar-refractivity contribution < 1.29 is 9.21 Å². The Labute approximate surface area is 184 Å². The number of carbonyl (C=O) groups is 1. The van der Waals surface area contributed by atoms with Crippen molar-refractivity contribution in [2.45, 2.75) is 0 Å². The van der Waals surface area contributed by atoms with E-state index >= 15 is 0 Å². The molecule has 3 heterocycles. The van der Waals surface area contributed by atoms with Gasteiger partial charge in [-0.15, -0.1) is 0 Å². The second kappa shape index (κ2) is 7.91. The van der Waals surface area contributed by atoms with Crippen molar-refractivity contribution in [2.75, 3.05) is 38.1 Å². The van der Waals surface area contributed by atoms with E-state index in [4.69, 9.17) is 16.6 Å². The molecule has 0 atom stereocenters. The van der Waals surface area contributed by atoms with Crippen LogP contribution in [0.1, 0.15) is 5.56 Å². The van der Waals surface area contributed by atoms with Gasteiger partial charge in [0.25, 0.3) is 5.91 Å². The number of likely N-dealkylation sites (N-methyl/N-ethyl adjacent to an activating group) is 1. The number of carbonyl (C=O) groups excluding carboxylic acids is 1. The second-order valence-corrected chi connectivity index (χ2v) is 9.31. The fraction of sp³-hybridized carbons (Fsp3) is 0.217. The van der Waals surface area contributed by atoms with Gasteiger partial charge in [0.2, 0.25) is 0 Å². The summed E-state index contributed by atoms with van der Waals surface area (Å²) in [4.78, 5) is 17.4. The zero-order valence-corrected chi connectivity index (χ0v) is 18.2. The van der Waals surface area contributed by atoms with Gasteiger partial charge in [-0.3, -0.25) is 4.79 Å². The van der Waals surface area contributed by atoms with Crippen LogP contribution >= 0.6 is 24.0 Å². The number of piperazine rings is 1. The van der Waals surface area contributed by atoms with E-state index in [9.17, 15) is 4.79 Å². The fourth-order valence-corrected chi connectivity index (χ4v) is 4.89. The van der Waals surface area contributed by atoms with Crippen LogP contribution < -0.4 is 10.2 Å². The van der Waals surface area contributed by atoms with E-state index in [2.05, 4.69) is 52.5 Å². The summed E-state index contributed by atoms with van der Waals surface area (Å²) in [6.45, 7) is 4.29. The Bertz CT molecular complexity index is 1160. The van der Waals surface area contributed by atoms with Crippen LogP contribution in [0.5, 0.6) is 0 Å². The third-order valence-corrected chi connectivity index (χ3v) is 6.75. The number of nitrogens with one attached hydrogen (secondary N) is 1. The molecule has 5 rings (SSSR count). The maximum absolute atomic E-state index is 12.0. The first-order valence-electron chi connectivity index (χ1n) is 9.87. The first-order valence-corrected chi connectivity index (χ1v) is 11.1. The quantitative estimate of drug-likeness (QED) is 0.488. The Balaban J connectivity index is 1.44. The van der Waals surface area contributed by atoms with Gasteiger partial charge in [-0.1, -0.05) is 42.2 Å². The van der Waals surface area contributed by atoms with Crippen LogP contribution in [0.15, 0.2) is 58.1 Å². The van der Waals surface area contributed by atoms with Crippen LogP contribution in [-0.2, 0) is 4.79 Å². The summed E-state index contributed by atoms with van der Waals surface area (Å²) in [6.07, 6.45) is 3.67. The monoisotopic (exact) mass is 435 g/mol. The van der Waals surface area contributed by atoms with Crippen molar-refractivity contribution in [3.05, 3.63) is 59.2 Å². The molecule has 2 aliphatic heterocycles. The van der Waals surface area contributed by atoms with Gasteiger partial charge >= 0.3 is 0 Å². The van der Waals surface area contributed by atoms with Gasteiger partial charge in [0, 0.05) is 42.8 Å². The molecule has 2 aromatic carbocycles. The molecule has 30 heavy (non-hydrogen) atoms. The lowest BCUT2D eigenvalue weighted by molar-refractivity contribution is -0.115. The molecule has 5 nitrogen and oxygen atoms in total. The van der Waals surface area contributed by atoms with Crippen molar-refractivity contribution >= 4 is 56.9 Å². The molecular weight excluding hydrogens is 414 g/mol. The number of thiocarbonyl (C=S) groups is 1. The average molecular weight is 436 g/mol. The van der Waals surface area contributed by atoms with Gasteiger partial charge in [-0.25, -0.2) is 0 Å². The molecule has 0 spiro atoms. The van der Waals surface area contributed by atoms with Crippen LogP contribution in [0.25, 0.3) is 28.2 Å². The molecule has 1 amide bonds. The van der Waals surface area contributed by atoms with E-state index in [-0.39, 0.29) is 5.91 Å². The zero-order valence-electron chi connectivity index (χ0n) is 16.6. The molecule has 7 heteroatoms. The summed E-state index contributed by atoms with van der Waals surface area (Å²) < 4.78 is 6.28. The smallest absolute Gasteiger partial charge is 0.263 e. The van der Waals surface area contributed by atoms with E-state index in [1.54, 1.807) is 6.26 Å². The normalized spacial score (nSPS) is 19.1. The molecule has 0 radical (unpaired) electrons. The standard InChI is InChI=1S/C23H21N3O2S2/c1-25-8-10-26(11-9-25)17-5-3-16(4-6-17)19-14-28-20-7-2-15(12-18(19)20)13-21-22(27)24-23(29)30-21/h2-7,12-14H,8-11H2,1H3,(H,24,27,29). The lowest BCUT2D eigenvalue weighted by Gasteiger charge is -2.34. The molecule has 1 N–H and O–H groups in total.